The lowest BCUT2D eigenvalue weighted by Crippen LogP contribution is -2.51. The van der Waals surface area contributed by atoms with Crippen molar-refractivity contribution in [1.29, 1.82) is 5.26 Å². The minimum Gasteiger partial charge on any atom is -0.477 e. The summed E-state index contributed by atoms with van der Waals surface area (Å²) in [6.45, 7) is 1.42. The van der Waals surface area contributed by atoms with Crippen molar-refractivity contribution in [1.82, 2.24) is 4.90 Å². The van der Waals surface area contributed by atoms with E-state index >= 15 is 0 Å². The molecule has 0 atom stereocenters. The fourth-order valence-corrected chi connectivity index (χ4v) is 3.03. The van der Waals surface area contributed by atoms with Crippen LogP contribution in [0.25, 0.3) is 0 Å². The maximum Gasteiger partial charge on any atom is 0.311 e. The number of likely N-dealkylation sites (N-methyl/N-ethyl adjacent to an activating group) is 1. The molecule has 2 rings (SSSR count). The van der Waals surface area contributed by atoms with Gasteiger partial charge in [-0.1, -0.05) is 25.3 Å². The number of carbonyl (C=O) groups is 1. The van der Waals surface area contributed by atoms with Gasteiger partial charge in [-0.15, -0.1) is 0 Å². The molecule has 0 unspecified atom stereocenters. The van der Waals surface area contributed by atoms with Crippen LogP contribution in [0.2, 0.25) is 0 Å². The van der Waals surface area contributed by atoms with E-state index in [-0.39, 0.29) is 24.0 Å². The van der Waals surface area contributed by atoms with E-state index < -0.39 is 10.5 Å². The van der Waals surface area contributed by atoms with Crippen LogP contribution in [0.1, 0.15) is 37.7 Å². The van der Waals surface area contributed by atoms with E-state index in [2.05, 4.69) is 6.07 Å². The van der Waals surface area contributed by atoms with E-state index in [1.807, 2.05) is 0 Å². The zero-order chi connectivity index (χ0) is 17.7. The van der Waals surface area contributed by atoms with Crippen LogP contribution in [0.3, 0.4) is 0 Å². The Labute approximate surface area is 141 Å². The molecular weight excluding hydrogens is 310 g/mol. The molecule has 0 heterocycles. The second-order valence-corrected chi connectivity index (χ2v) is 6.17. The minimum atomic E-state index is -0.794. The van der Waals surface area contributed by atoms with Crippen LogP contribution in [0, 0.1) is 28.4 Å². The second kappa shape index (κ2) is 7.30. The number of hydrogen-bond acceptors (Lipinski definition) is 5. The third-order valence-corrected chi connectivity index (χ3v) is 4.57. The predicted octanol–water partition coefficient (Wildman–Crippen LogP) is 2.97. The average Bonchev–Trinajstić information content (AvgIpc) is 2.60. The summed E-state index contributed by atoms with van der Waals surface area (Å²) in [4.78, 5) is 24.4. The molecule has 1 aliphatic carbocycles. The van der Waals surface area contributed by atoms with Gasteiger partial charge >= 0.3 is 5.69 Å². The molecule has 128 valence electrons. The van der Waals surface area contributed by atoms with Gasteiger partial charge in [-0.05, 0) is 31.4 Å². The molecule has 1 saturated carbocycles. The standard InChI is InChI=1S/C17H21N3O4/c1-13-6-7-15(14(10-13)20(22)23)24-11-16(21)19(2)17(12-18)8-4-3-5-9-17/h6-7,10H,3-5,8-9,11H2,1-2H3. The highest BCUT2D eigenvalue weighted by Gasteiger charge is 2.39. The van der Waals surface area contributed by atoms with Crippen LogP contribution in [-0.4, -0.2) is 34.9 Å². The lowest BCUT2D eigenvalue weighted by Gasteiger charge is -2.38. The lowest BCUT2D eigenvalue weighted by molar-refractivity contribution is -0.385. The summed E-state index contributed by atoms with van der Waals surface area (Å²) < 4.78 is 5.37. The lowest BCUT2D eigenvalue weighted by atomic mass is 9.81. The second-order valence-electron chi connectivity index (χ2n) is 6.17. The Bertz CT molecular complexity index is 675. The fraction of sp³-hybridized carbons (Fsp3) is 0.529. The minimum absolute atomic E-state index is 0.0574. The summed E-state index contributed by atoms with van der Waals surface area (Å²) in [7, 11) is 1.60. The summed E-state index contributed by atoms with van der Waals surface area (Å²) in [6.07, 6.45) is 4.19. The van der Waals surface area contributed by atoms with E-state index in [4.69, 9.17) is 4.74 Å². The van der Waals surface area contributed by atoms with Gasteiger partial charge in [0.05, 0.1) is 11.0 Å². The Morgan fingerprint density at radius 3 is 2.67 bits per heavy atom. The maximum atomic E-state index is 12.4. The first-order valence-electron chi connectivity index (χ1n) is 7.95. The normalized spacial score (nSPS) is 16.0. The zero-order valence-electron chi connectivity index (χ0n) is 13.9. The Hall–Kier alpha value is -2.62. The van der Waals surface area contributed by atoms with Crippen molar-refractivity contribution in [3.8, 4) is 11.8 Å². The number of nitro groups is 1. The quantitative estimate of drug-likeness (QED) is 0.610. The molecule has 0 radical (unpaired) electrons. The van der Waals surface area contributed by atoms with Gasteiger partial charge in [0.25, 0.3) is 5.91 Å². The first kappa shape index (κ1) is 17.7. The van der Waals surface area contributed by atoms with E-state index in [1.165, 1.54) is 17.0 Å². The van der Waals surface area contributed by atoms with Crippen LogP contribution in [-0.2, 0) is 4.79 Å². The van der Waals surface area contributed by atoms with Crippen molar-refractivity contribution in [2.24, 2.45) is 0 Å². The molecule has 0 aromatic heterocycles. The molecule has 1 fully saturated rings. The summed E-state index contributed by atoms with van der Waals surface area (Å²) in [5, 5.41) is 20.6. The Kier molecular flexibility index (Phi) is 5.39. The molecule has 24 heavy (non-hydrogen) atoms. The number of nitro benzene ring substituents is 1. The molecule has 1 aliphatic rings. The third kappa shape index (κ3) is 3.65. The Morgan fingerprint density at radius 2 is 2.08 bits per heavy atom. The van der Waals surface area contributed by atoms with Gasteiger partial charge in [-0.25, -0.2) is 0 Å². The van der Waals surface area contributed by atoms with Crippen molar-refractivity contribution in [3.05, 3.63) is 33.9 Å². The van der Waals surface area contributed by atoms with Crippen LogP contribution in [0.15, 0.2) is 18.2 Å². The van der Waals surface area contributed by atoms with Gasteiger partial charge < -0.3 is 9.64 Å². The summed E-state index contributed by atoms with van der Waals surface area (Å²) in [6, 6.07) is 6.86. The summed E-state index contributed by atoms with van der Waals surface area (Å²) in [5.74, 6) is -0.296. The molecule has 1 aromatic carbocycles. The number of hydrogen-bond donors (Lipinski definition) is 0. The number of nitrogens with zero attached hydrogens (tertiary/aromatic N) is 3. The van der Waals surface area contributed by atoms with Gasteiger partial charge in [0, 0.05) is 13.1 Å². The van der Waals surface area contributed by atoms with Crippen LogP contribution >= 0.6 is 0 Å². The fourth-order valence-electron chi connectivity index (χ4n) is 3.03. The molecule has 1 aromatic rings. The first-order valence-corrected chi connectivity index (χ1v) is 7.95. The number of ether oxygens (including phenoxy) is 1. The Morgan fingerprint density at radius 1 is 1.42 bits per heavy atom. The van der Waals surface area contributed by atoms with Crippen LogP contribution in [0.4, 0.5) is 5.69 Å². The molecule has 0 bridgehead atoms. The smallest absolute Gasteiger partial charge is 0.311 e. The third-order valence-electron chi connectivity index (χ3n) is 4.57. The van der Waals surface area contributed by atoms with E-state index in [9.17, 15) is 20.2 Å². The predicted molar refractivity (Wildman–Crippen MR) is 87.5 cm³/mol. The van der Waals surface area contributed by atoms with Crippen molar-refractivity contribution < 1.29 is 14.5 Å². The SMILES string of the molecule is Cc1ccc(OCC(=O)N(C)C2(C#N)CCCCC2)c([N+](=O)[O-])c1. The molecule has 0 aliphatic heterocycles. The molecule has 0 N–H and O–H groups in total. The van der Waals surface area contributed by atoms with E-state index in [1.54, 1.807) is 20.0 Å². The van der Waals surface area contributed by atoms with Gasteiger partial charge in [0.1, 0.15) is 5.54 Å². The van der Waals surface area contributed by atoms with E-state index in [0.29, 0.717) is 12.8 Å². The zero-order valence-corrected chi connectivity index (χ0v) is 13.9. The summed E-state index contributed by atoms with van der Waals surface area (Å²) >= 11 is 0. The highest BCUT2D eigenvalue weighted by atomic mass is 16.6. The molecule has 1 amide bonds. The van der Waals surface area contributed by atoms with Crippen molar-refractivity contribution in [2.75, 3.05) is 13.7 Å². The molecule has 0 saturated heterocycles. The van der Waals surface area contributed by atoms with Gasteiger partial charge in [0.15, 0.2) is 12.4 Å². The van der Waals surface area contributed by atoms with Crippen LogP contribution < -0.4 is 4.74 Å². The number of benzene rings is 1. The maximum absolute atomic E-state index is 12.4. The average molecular weight is 331 g/mol. The van der Waals surface area contributed by atoms with Gasteiger partial charge in [0.2, 0.25) is 0 Å². The van der Waals surface area contributed by atoms with Crippen molar-refractivity contribution >= 4 is 11.6 Å². The van der Waals surface area contributed by atoms with Gasteiger partial charge in [-0.2, -0.15) is 5.26 Å². The first-order chi connectivity index (χ1) is 11.4. The van der Waals surface area contributed by atoms with Crippen molar-refractivity contribution in [3.63, 3.8) is 0 Å². The van der Waals surface area contributed by atoms with Crippen LogP contribution in [0.5, 0.6) is 5.75 Å². The molecule has 0 spiro atoms. The van der Waals surface area contributed by atoms with Gasteiger partial charge in [-0.3, -0.25) is 14.9 Å². The number of amides is 1. The number of rotatable bonds is 5. The van der Waals surface area contributed by atoms with E-state index in [0.717, 1.165) is 24.8 Å². The monoisotopic (exact) mass is 331 g/mol. The number of aryl methyl sites for hydroxylation is 1. The topological polar surface area (TPSA) is 96.5 Å². The molecule has 7 heteroatoms. The highest BCUT2D eigenvalue weighted by molar-refractivity contribution is 5.79. The van der Waals surface area contributed by atoms with Crippen molar-refractivity contribution in [2.45, 2.75) is 44.6 Å². The Balaban J connectivity index is 2.08. The number of nitriles is 1. The summed E-state index contributed by atoms with van der Waals surface area (Å²) in [5.41, 5.74) is -0.223. The molecule has 7 nitrogen and oxygen atoms in total. The number of carbonyl (C=O) groups excluding carboxylic acids is 1. The molecular formula is C17H21N3O4. The highest BCUT2D eigenvalue weighted by Crippen LogP contribution is 2.33. The largest absolute Gasteiger partial charge is 0.477 e.